The number of urea groups is 1. The molecule has 3 amide bonds. The first kappa shape index (κ1) is 13.8. The molecule has 7 nitrogen and oxygen atoms in total. The second-order valence-electron chi connectivity index (χ2n) is 3.45. The molecule has 0 aliphatic carbocycles. The van der Waals surface area contributed by atoms with Gasteiger partial charge in [0.15, 0.2) is 0 Å². The molecule has 0 aromatic heterocycles. The second-order valence-corrected chi connectivity index (χ2v) is 3.45. The van der Waals surface area contributed by atoms with Gasteiger partial charge in [0, 0.05) is 0 Å². The van der Waals surface area contributed by atoms with Gasteiger partial charge in [-0.2, -0.15) is 0 Å². The van der Waals surface area contributed by atoms with E-state index in [9.17, 15) is 9.59 Å². The van der Waals surface area contributed by atoms with E-state index in [0.717, 1.165) is 0 Å². The molecule has 0 spiro atoms. The maximum atomic E-state index is 11.5. The number of aliphatic hydroxyl groups is 1. The molecule has 0 saturated heterocycles. The van der Waals surface area contributed by atoms with Gasteiger partial charge in [-0.15, -0.1) is 0 Å². The molecule has 98 valence electrons. The topological polar surface area (TPSA) is 114 Å². The number of benzene rings is 1. The Labute approximate surface area is 104 Å². The van der Waals surface area contributed by atoms with Crippen molar-refractivity contribution >= 4 is 17.6 Å². The molecule has 7 heteroatoms. The highest BCUT2D eigenvalue weighted by molar-refractivity contribution is 5.91. The van der Waals surface area contributed by atoms with Crippen LogP contribution in [-0.4, -0.2) is 36.8 Å². The van der Waals surface area contributed by atoms with Crippen LogP contribution in [0.25, 0.3) is 0 Å². The minimum absolute atomic E-state index is 0.254. The summed E-state index contributed by atoms with van der Waals surface area (Å²) >= 11 is 0. The van der Waals surface area contributed by atoms with Crippen molar-refractivity contribution in [2.75, 3.05) is 19.0 Å². The number of carbonyl (C=O) groups is 2. The minimum atomic E-state index is -1.41. The van der Waals surface area contributed by atoms with E-state index < -0.39 is 18.0 Å². The smallest absolute Gasteiger partial charge is 0.319 e. The zero-order valence-corrected chi connectivity index (χ0v) is 9.84. The van der Waals surface area contributed by atoms with Crippen molar-refractivity contribution in [3.8, 4) is 5.75 Å². The number of amides is 3. The molecule has 1 rings (SSSR count). The number of anilines is 1. The molecule has 0 heterocycles. The van der Waals surface area contributed by atoms with E-state index in [0.29, 0.717) is 11.4 Å². The van der Waals surface area contributed by atoms with Crippen LogP contribution in [0.1, 0.15) is 0 Å². The third-order valence-corrected chi connectivity index (χ3v) is 2.14. The molecule has 0 saturated carbocycles. The fourth-order valence-corrected chi connectivity index (χ4v) is 1.20. The van der Waals surface area contributed by atoms with Crippen molar-refractivity contribution in [3.63, 3.8) is 0 Å². The molecule has 0 radical (unpaired) electrons. The summed E-state index contributed by atoms with van der Waals surface area (Å²) in [6.45, 7) is -0.254. The normalized spacial score (nSPS) is 11.4. The predicted octanol–water partition coefficient (Wildman–Crippen LogP) is -0.337. The molecular weight excluding hydrogens is 238 g/mol. The highest BCUT2D eigenvalue weighted by Gasteiger charge is 2.12. The predicted molar refractivity (Wildman–Crippen MR) is 65.2 cm³/mol. The molecule has 0 aliphatic heterocycles. The molecule has 0 bridgehead atoms. The Bertz CT molecular complexity index is 436. The quantitative estimate of drug-likeness (QED) is 0.575. The summed E-state index contributed by atoms with van der Waals surface area (Å²) in [6, 6.07) is 6.27. The van der Waals surface area contributed by atoms with Crippen molar-refractivity contribution in [1.29, 1.82) is 0 Å². The van der Waals surface area contributed by atoms with E-state index in [4.69, 9.17) is 15.6 Å². The molecule has 1 unspecified atom stereocenters. The van der Waals surface area contributed by atoms with Crippen LogP contribution in [-0.2, 0) is 4.79 Å². The number of rotatable bonds is 5. The van der Waals surface area contributed by atoms with Crippen molar-refractivity contribution in [2.45, 2.75) is 6.10 Å². The van der Waals surface area contributed by atoms with Gasteiger partial charge in [-0.3, -0.25) is 4.79 Å². The molecule has 1 aromatic carbocycles. The van der Waals surface area contributed by atoms with Crippen molar-refractivity contribution in [2.24, 2.45) is 5.73 Å². The van der Waals surface area contributed by atoms with Crippen LogP contribution in [0.15, 0.2) is 24.3 Å². The van der Waals surface area contributed by atoms with Gasteiger partial charge in [-0.25, -0.2) is 4.79 Å². The van der Waals surface area contributed by atoms with Crippen LogP contribution in [0.2, 0.25) is 0 Å². The number of hydrogen-bond acceptors (Lipinski definition) is 4. The Morgan fingerprint density at radius 2 is 2.11 bits per heavy atom. The highest BCUT2D eigenvalue weighted by Crippen LogP contribution is 2.22. The van der Waals surface area contributed by atoms with Crippen molar-refractivity contribution in [3.05, 3.63) is 24.3 Å². The number of aliphatic hydroxyl groups excluding tert-OH is 1. The number of carbonyl (C=O) groups excluding carboxylic acids is 2. The molecule has 0 fully saturated rings. The van der Waals surface area contributed by atoms with Crippen LogP contribution < -0.4 is 21.1 Å². The maximum Gasteiger partial charge on any atom is 0.319 e. The van der Waals surface area contributed by atoms with E-state index in [1.165, 1.54) is 7.11 Å². The number of ether oxygens (including phenoxy) is 1. The third-order valence-electron chi connectivity index (χ3n) is 2.14. The van der Waals surface area contributed by atoms with Gasteiger partial charge in [0.05, 0.1) is 19.3 Å². The second kappa shape index (κ2) is 6.45. The van der Waals surface area contributed by atoms with E-state index in [-0.39, 0.29) is 6.54 Å². The number of methoxy groups -OCH3 is 1. The Balaban J connectivity index is 2.52. The lowest BCUT2D eigenvalue weighted by Gasteiger charge is -2.12. The van der Waals surface area contributed by atoms with Gasteiger partial charge in [0.25, 0.3) is 0 Å². The first-order valence-corrected chi connectivity index (χ1v) is 5.20. The summed E-state index contributed by atoms with van der Waals surface area (Å²) in [5.74, 6) is -0.393. The molecule has 18 heavy (non-hydrogen) atoms. The van der Waals surface area contributed by atoms with Gasteiger partial charge in [0.1, 0.15) is 11.9 Å². The SMILES string of the molecule is COc1ccccc1NC(=O)NCC(O)C(N)=O. The lowest BCUT2D eigenvalue weighted by Crippen LogP contribution is -2.41. The van der Waals surface area contributed by atoms with Crippen LogP contribution in [0, 0.1) is 0 Å². The number of para-hydroxylation sites is 2. The average Bonchev–Trinajstić information content (AvgIpc) is 2.36. The van der Waals surface area contributed by atoms with Crippen LogP contribution in [0.4, 0.5) is 10.5 Å². The molecule has 1 atom stereocenters. The maximum absolute atomic E-state index is 11.5. The average molecular weight is 253 g/mol. The molecule has 1 aromatic rings. The summed E-state index contributed by atoms with van der Waals surface area (Å²) in [7, 11) is 1.48. The first-order chi connectivity index (χ1) is 8.54. The lowest BCUT2D eigenvalue weighted by molar-refractivity contribution is -0.125. The van der Waals surface area contributed by atoms with Crippen LogP contribution in [0.5, 0.6) is 5.75 Å². The van der Waals surface area contributed by atoms with Gasteiger partial charge in [-0.05, 0) is 12.1 Å². The summed E-state index contributed by atoms with van der Waals surface area (Å²) in [4.78, 5) is 22.0. The fraction of sp³-hybridized carbons (Fsp3) is 0.273. The summed E-state index contributed by atoms with van der Waals surface area (Å²) in [5.41, 5.74) is 5.32. The van der Waals surface area contributed by atoms with Crippen molar-refractivity contribution < 1.29 is 19.4 Å². The monoisotopic (exact) mass is 253 g/mol. The fourth-order valence-electron chi connectivity index (χ4n) is 1.20. The third kappa shape index (κ3) is 3.95. The molecule has 0 aliphatic rings. The van der Waals surface area contributed by atoms with E-state index in [1.54, 1.807) is 24.3 Å². The van der Waals surface area contributed by atoms with Gasteiger partial charge < -0.3 is 26.2 Å². The Morgan fingerprint density at radius 3 is 2.72 bits per heavy atom. The van der Waals surface area contributed by atoms with Crippen LogP contribution in [0.3, 0.4) is 0 Å². The van der Waals surface area contributed by atoms with E-state index in [2.05, 4.69) is 10.6 Å². The lowest BCUT2D eigenvalue weighted by atomic mass is 10.3. The number of nitrogens with one attached hydrogen (secondary N) is 2. The zero-order valence-electron chi connectivity index (χ0n) is 9.84. The highest BCUT2D eigenvalue weighted by atomic mass is 16.5. The van der Waals surface area contributed by atoms with Gasteiger partial charge >= 0.3 is 6.03 Å². The Kier molecular flexibility index (Phi) is 4.94. The Morgan fingerprint density at radius 1 is 1.44 bits per heavy atom. The summed E-state index contributed by atoms with van der Waals surface area (Å²) < 4.78 is 5.04. The molecule has 5 N–H and O–H groups in total. The first-order valence-electron chi connectivity index (χ1n) is 5.20. The summed E-state index contributed by atoms with van der Waals surface area (Å²) in [6.07, 6.45) is -1.41. The van der Waals surface area contributed by atoms with Crippen LogP contribution >= 0.6 is 0 Å². The standard InChI is InChI=1S/C11H15N3O4/c1-18-9-5-3-2-4-7(9)14-11(17)13-6-8(15)10(12)16/h2-5,8,15H,6H2,1H3,(H2,12,16)(H2,13,14,17). The van der Waals surface area contributed by atoms with Crippen molar-refractivity contribution in [1.82, 2.24) is 5.32 Å². The van der Waals surface area contributed by atoms with E-state index in [1.807, 2.05) is 0 Å². The molecular formula is C11H15N3O4. The van der Waals surface area contributed by atoms with Gasteiger partial charge in [-0.1, -0.05) is 12.1 Å². The summed E-state index contributed by atoms with van der Waals surface area (Å²) in [5, 5.41) is 13.9. The largest absolute Gasteiger partial charge is 0.495 e. The zero-order chi connectivity index (χ0) is 13.5. The Hall–Kier alpha value is -2.28. The number of nitrogens with two attached hydrogens (primary N) is 1. The number of hydrogen-bond donors (Lipinski definition) is 4. The minimum Gasteiger partial charge on any atom is -0.495 e. The van der Waals surface area contributed by atoms with E-state index >= 15 is 0 Å². The van der Waals surface area contributed by atoms with Gasteiger partial charge in [0.2, 0.25) is 5.91 Å². The number of primary amides is 1.